The Morgan fingerprint density at radius 3 is 2.26 bits per heavy atom. The van der Waals surface area contributed by atoms with Crippen molar-refractivity contribution in [1.82, 2.24) is 10.6 Å². The van der Waals surface area contributed by atoms with E-state index in [1.54, 1.807) is 12.1 Å². The van der Waals surface area contributed by atoms with Gasteiger partial charge in [0.1, 0.15) is 5.82 Å². The molecule has 2 aromatic rings. The third-order valence-corrected chi connectivity index (χ3v) is 3.42. The first kappa shape index (κ1) is 17.0. The summed E-state index contributed by atoms with van der Waals surface area (Å²) in [6, 6.07) is 12.5. The fourth-order valence-electron chi connectivity index (χ4n) is 1.92. The molecule has 2 rings (SSSR count). The molecule has 0 aromatic heterocycles. The van der Waals surface area contributed by atoms with Gasteiger partial charge in [0.2, 0.25) is 5.91 Å². The van der Waals surface area contributed by atoms with Gasteiger partial charge in [0.05, 0.1) is 6.54 Å². The highest BCUT2D eigenvalue weighted by Gasteiger charge is 2.07. The van der Waals surface area contributed by atoms with Crippen molar-refractivity contribution in [2.24, 2.45) is 0 Å². The molecule has 0 aliphatic rings. The lowest BCUT2D eigenvalue weighted by Crippen LogP contribution is -2.37. The van der Waals surface area contributed by atoms with E-state index in [-0.39, 0.29) is 12.5 Å². The highest BCUT2D eigenvalue weighted by Crippen LogP contribution is 2.09. The second-order valence-corrected chi connectivity index (χ2v) is 5.35. The zero-order chi connectivity index (χ0) is 16.7. The monoisotopic (exact) mass is 334 g/mol. The number of hydrogen-bond donors (Lipinski definition) is 2. The number of rotatable bonds is 6. The van der Waals surface area contributed by atoms with Crippen molar-refractivity contribution in [2.45, 2.75) is 6.42 Å². The molecule has 2 aromatic carbocycles. The van der Waals surface area contributed by atoms with E-state index in [0.717, 1.165) is 5.56 Å². The minimum absolute atomic E-state index is 0.128. The maximum Gasteiger partial charge on any atom is 0.251 e. The van der Waals surface area contributed by atoms with Gasteiger partial charge >= 0.3 is 0 Å². The van der Waals surface area contributed by atoms with Gasteiger partial charge in [0, 0.05) is 17.1 Å². The van der Waals surface area contributed by atoms with E-state index in [1.165, 1.54) is 24.3 Å². The molecule has 0 aliphatic heterocycles. The van der Waals surface area contributed by atoms with Crippen LogP contribution in [0.15, 0.2) is 48.5 Å². The van der Waals surface area contributed by atoms with Gasteiger partial charge in [-0.05, 0) is 48.4 Å². The normalized spacial score (nSPS) is 10.2. The molecule has 0 heterocycles. The van der Waals surface area contributed by atoms with Crippen molar-refractivity contribution < 1.29 is 14.0 Å². The van der Waals surface area contributed by atoms with E-state index in [4.69, 9.17) is 11.6 Å². The zero-order valence-corrected chi connectivity index (χ0v) is 13.1. The fraction of sp³-hybridized carbons (Fsp3) is 0.176. The Bertz CT molecular complexity index is 672. The highest BCUT2D eigenvalue weighted by molar-refractivity contribution is 6.30. The molecule has 120 valence electrons. The van der Waals surface area contributed by atoms with Gasteiger partial charge in [0.25, 0.3) is 5.91 Å². The number of carbonyl (C=O) groups excluding carboxylic acids is 2. The molecule has 0 aliphatic carbocycles. The van der Waals surface area contributed by atoms with Gasteiger partial charge in [-0.25, -0.2) is 4.39 Å². The third kappa shape index (κ3) is 5.71. The lowest BCUT2D eigenvalue weighted by Gasteiger charge is -2.07. The largest absolute Gasteiger partial charge is 0.354 e. The first-order valence-electron chi connectivity index (χ1n) is 7.09. The van der Waals surface area contributed by atoms with Crippen molar-refractivity contribution in [3.8, 4) is 0 Å². The summed E-state index contributed by atoms with van der Waals surface area (Å²) in [5.41, 5.74) is 1.37. The van der Waals surface area contributed by atoms with Crippen molar-refractivity contribution in [3.05, 3.63) is 70.5 Å². The Kier molecular flexibility index (Phi) is 6.11. The Morgan fingerprint density at radius 2 is 1.61 bits per heavy atom. The van der Waals surface area contributed by atoms with Crippen LogP contribution in [0.1, 0.15) is 15.9 Å². The van der Waals surface area contributed by atoms with Crippen LogP contribution < -0.4 is 10.6 Å². The van der Waals surface area contributed by atoms with Crippen LogP contribution in [0, 0.1) is 5.82 Å². The summed E-state index contributed by atoms with van der Waals surface area (Å²) >= 11 is 5.80. The van der Waals surface area contributed by atoms with Gasteiger partial charge in [0.15, 0.2) is 0 Å². The number of halogens is 2. The number of nitrogens with one attached hydrogen (secondary N) is 2. The topological polar surface area (TPSA) is 58.2 Å². The molecule has 0 atom stereocenters. The van der Waals surface area contributed by atoms with Crippen molar-refractivity contribution >= 4 is 23.4 Å². The quantitative estimate of drug-likeness (QED) is 0.853. The van der Waals surface area contributed by atoms with Crippen LogP contribution in [0.3, 0.4) is 0 Å². The number of hydrogen-bond acceptors (Lipinski definition) is 2. The van der Waals surface area contributed by atoms with E-state index in [2.05, 4.69) is 10.6 Å². The third-order valence-electron chi connectivity index (χ3n) is 3.17. The van der Waals surface area contributed by atoms with Gasteiger partial charge in [-0.15, -0.1) is 0 Å². The molecule has 0 saturated heterocycles. The average Bonchev–Trinajstić information content (AvgIpc) is 2.55. The van der Waals surface area contributed by atoms with Crippen molar-refractivity contribution in [1.29, 1.82) is 0 Å². The molecular weight excluding hydrogens is 319 g/mol. The molecule has 0 fully saturated rings. The maximum absolute atomic E-state index is 12.8. The molecule has 0 saturated carbocycles. The van der Waals surface area contributed by atoms with Crippen LogP contribution in [0.5, 0.6) is 0 Å². The average molecular weight is 335 g/mol. The minimum Gasteiger partial charge on any atom is -0.354 e. The van der Waals surface area contributed by atoms with E-state index in [9.17, 15) is 14.0 Å². The summed E-state index contributed by atoms with van der Waals surface area (Å²) in [5.74, 6) is -1.12. The van der Waals surface area contributed by atoms with E-state index in [0.29, 0.717) is 23.6 Å². The number of carbonyl (C=O) groups is 2. The highest BCUT2D eigenvalue weighted by atomic mass is 35.5. The van der Waals surface area contributed by atoms with Gasteiger partial charge in [-0.3, -0.25) is 9.59 Å². The molecule has 4 nitrogen and oxygen atoms in total. The van der Waals surface area contributed by atoms with Crippen LogP contribution >= 0.6 is 11.6 Å². The standard InChI is InChI=1S/C17H16ClFN2O2/c18-14-5-1-12(2-6-14)9-10-20-16(22)11-21-17(23)13-3-7-15(19)8-4-13/h1-8H,9-11H2,(H,20,22)(H,21,23). The SMILES string of the molecule is O=C(CNC(=O)c1ccc(F)cc1)NCCc1ccc(Cl)cc1. The second kappa shape index (κ2) is 8.29. The Labute approximate surface area is 138 Å². The summed E-state index contributed by atoms with van der Waals surface area (Å²) in [5, 5.41) is 5.87. The summed E-state index contributed by atoms with van der Waals surface area (Å²) in [4.78, 5) is 23.4. The molecule has 6 heteroatoms. The number of benzene rings is 2. The lowest BCUT2D eigenvalue weighted by molar-refractivity contribution is -0.120. The summed E-state index contributed by atoms with van der Waals surface area (Å²) in [6.07, 6.45) is 0.675. The fourth-order valence-corrected chi connectivity index (χ4v) is 2.05. The minimum atomic E-state index is -0.419. The molecule has 23 heavy (non-hydrogen) atoms. The van der Waals surface area contributed by atoms with Crippen molar-refractivity contribution in [3.63, 3.8) is 0 Å². The summed E-state index contributed by atoms with van der Waals surface area (Å²) < 4.78 is 12.8. The van der Waals surface area contributed by atoms with E-state index >= 15 is 0 Å². The van der Waals surface area contributed by atoms with Crippen LogP contribution in [-0.2, 0) is 11.2 Å². The van der Waals surface area contributed by atoms with E-state index in [1.807, 2.05) is 12.1 Å². The second-order valence-electron chi connectivity index (χ2n) is 4.92. The molecule has 2 N–H and O–H groups in total. The van der Waals surface area contributed by atoms with E-state index < -0.39 is 11.7 Å². The van der Waals surface area contributed by atoms with Crippen LogP contribution in [-0.4, -0.2) is 24.9 Å². The Morgan fingerprint density at radius 1 is 0.957 bits per heavy atom. The van der Waals surface area contributed by atoms with Crippen molar-refractivity contribution in [2.75, 3.05) is 13.1 Å². The first-order chi connectivity index (χ1) is 11.0. The van der Waals surface area contributed by atoms with Crippen LogP contribution in [0.4, 0.5) is 4.39 Å². The summed E-state index contributed by atoms with van der Waals surface area (Å²) in [6.45, 7) is 0.337. The maximum atomic E-state index is 12.8. The van der Waals surface area contributed by atoms with Gasteiger partial charge in [-0.2, -0.15) is 0 Å². The predicted octanol–water partition coefficient (Wildman–Crippen LogP) is 2.57. The Hall–Kier alpha value is -2.40. The summed E-state index contributed by atoms with van der Waals surface area (Å²) in [7, 11) is 0. The molecule has 2 amide bonds. The Balaban J connectivity index is 1.69. The predicted molar refractivity (Wildman–Crippen MR) is 86.9 cm³/mol. The van der Waals surface area contributed by atoms with Gasteiger partial charge in [-0.1, -0.05) is 23.7 Å². The first-order valence-corrected chi connectivity index (χ1v) is 7.47. The molecule has 0 bridgehead atoms. The molecule has 0 radical (unpaired) electrons. The molecular formula is C17H16ClFN2O2. The van der Waals surface area contributed by atoms with Gasteiger partial charge < -0.3 is 10.6 Å². The van der Waals surface area contributed by atoms with Crippen LogP contribution in [0.2, 0.25) is 5.02 Å². The zero-order valence-electron chi connectivity index (χ0n) is 12.3. The molecule has 0 unspecified atom stereocenters. The number of amides is 2. The molecule has 0 spiro atoms. The van der Waals surface area contributed by atoms with Crippen LogP contribution in [0.25, 0.3) is 0 Å². The lowest BCUT2D eigenvalue weighted by atomic mass is 10.1. The smallest absolute Gasteiger partial charge is 0.251 e.